The van der Waals surface area contributed by atoms with E-state index in [1.807, 2.05) is 85.7 Å². The first-order valence-corrected chi connectivity index (χ1v) is 13.7. The monoisotopic (exact) mass is 514 g/mol. The zero-order valence-electron chi connectivity index (χ0n) is 24.8. The molecule has 1 N–H and O–H groups in total. The van der Waals surface area contributed by atoms with Gasteiger partial charge in [0.05, 0.1) is 16.3 Å². The summed E-state index contributed by atoms with van der Waals surface area (Å²) >= 11 is 6.02. The van der Waals surface area contributed by atoms with Gasteiger partial charge in [0.1, 0.15) is 5.75 Å². The molecular formula is C32H51ClN2O. The lowest BCUT2D eigenvalue weighted by Gasteiger charge is -2.05. The molecule has 0 aliphatic rings. The van der Waals surface area contributed by atoms with Gasteiger partial charge in [0, 0.05) is 33.9 Å². The number of benzene rings is 1. The van der Waals surface area contributed by atoms with Gasteiger partial charge in [-0.15, -0.1) is 0 Å². The van der Waals surface area contributed by atoms with Gasteiger partial charge in [0.25, 0.3) is 0 Å². The second-order valence-electron chi connectivity index (χ2n) is 8.17. The molecule has 0 saturated carbocycles. The van der Waals surface area contributed by atoms with Crippen LogP contribution in [0.15, 0.2) is 48.9 Å². The molecule has 0 atom stereocenters. The maximum atomic E-state index is 6.02. The van der Waals surface area contributed by atoms with Crippen molar-refractivity contribution in [1.82, 2.24) is 9.97 Å². The maximum Gasteiger partial charge on any atom is 0.129 e. The minimum atomic E-state index is 0.681. The molecule has 3 rings (SSSR count). The predicted octanol–water partition coefficient (Wildman–Crippen LogP) is 9.61. The zero-order chi connectivity index (χ0) is 28.3. The fourth-order valence-electron chi connectivity index (χ4n) is 3.36. The standard InChI is InChI=1S/C12H11NO.C9H12ClN.C7H16.2C2H6/c1-9(2)14-11-6-5-10-4-3-7-13-12(10)8-11;1-5(2)8-6(3)11-7(4)9(8)10;1-4-7(5-2)6-3;2*1-2/h3-8H,1H2,2H3;11H,3H2,1-2,4H3;7H,4-6H2,1-3H3;2*1-2H3. The Bertz CT molecular complexity index is 1100. The highest BCUT2D eigenvalue weighted by molar-refractivity contribution is 6.31. The van der Waals surface area contributed by atoms with Crippen molar-refractivity contribution in [2.45, 2.75) is 95.4 Å². The third-order valence-electron chi connectivity index (χ3n) is 5.29. The molecule has 2 aromatic heterocycles. The quantitative estimate of drug-likeness (QED) is 0.344. The van der Waals surface area contributed by atoms with Crippen molar-refractivity contribution < 1.29 is 4.74 Å². The minimum absolute atomic E-state index is 0.681. The molecule has 0 aliphatic carbocycles. The molecule has 2 heterocycles. The van der Waals surface area contributed by atoms with Crippen molar-refractivity contribution in [3.8, 4) is 5.75 Å². The lowest BCUT2D eigenvalue weighted by atomic mass is 10.0. The van der Waals surface area contributed by atoms with E-state index in [-0.39, 0.29) is 0 Å². The fraction of sp³-hybridized carbons (Fsp3) is 0.469. The highest BCUT2D eigenvalue weighted by atomic mass is 35.5. The summed E-state index contributed by atoms with van der Waals surface area (Å²) in [5.74, 6) is 2.45. The van der Waals surface area contributed by atoms with Crippen LogP contribution in [0.25, 0.3) is 23.1 Å². The van der Waals surface area contributed by atoms with Crippen molar-refractivity contribution in [3.63, 3.8) is 0 Å². The SMILES string of the molecule is C=C(C)Oc1ccc2cccnc2c1.C=c1[nH]c(C)c(Cl)c1=C(C)C.CC.CC.CCC(CC)CC. The Balaban J connectivity index is 0. The number of rotatable bonds is 5. The highest BCUT2D eigenvalue weighted by Crippen LogP contribution is 2.19. The van der Waals surface area contributed by atoms with Crippen LogP contribution in [0.4, 0.5) is 0 Å². The number of ether oxygens (including phenoxy) is 1. The minimum Gasteiger partial charge on any atom is -0.463 e. The second kappa shape index (κ2) is 20.7. The molecule has 202 valence electrons. The number of hydrogen-bond donors (Lipinski definition) is 1. The normalized spacial score (nSPS) is 9.36. The summed E-state index contributed by atoms with van der Waals surface area (Å²) in [6.07, 6.45) is 5.83. The number of halogens is 1. The molecular weight excluding hydrogens is 464 g/mol. The van der Waals surface area contributed by atoms with Crippen molar-refractivity contribution >= 4 is 34.7 Å². The van der Waals surface area contributed by atoms with E-state index in [0.29, 0.717) is 5.76 Å². The third kappa shape index (κ3) is 13.0. The van der Waals surface area contributed by atoms with E-state index in [4.69, 9.17) is 16.3 Å². The van der Waals surface area contributed by atoms with Gasteiger partial charge >= 0.3 is 0 Å². The van der Waals surface area contributed by atoms with E-state index in [2.05, 4.69) is 43.9 Å². The topological polar surface area (TPSA) is 37.9 Å². The van der Waals surface area contributed by atoms with E-state index >= 15 is 0 Å². The Kier molecular flexibility index (Phi) is 20.4. The second-order valence-corrected chi connectivity index (χ2v) is 8.55. The van der Waals surface area contributed by atoms with Crippen LogP contribution in [0, 0.1) is 12.8 Å². The van der Waals surface area contributed by atoms with Crippen LogP contribution in [0.2, 0.25) is 5.02 Å². The molecule has 0 spiro atoms. The van der Waals surface area contributed by atoms with Gasteiger partial charge in [-0.2, -0.15) is 0 Å². The van der Waals surface area contributed by atoms with Crippen LogP contribution in [-0.4, -0.2) is 9.97 Å². The van der Waals surface area contributed by atoms with Gasteiger partial charge in [-0.25, -0.2) is 0 Å². The molecule has 0 unspecified atom stereocenters. The van der Waals surface area contributed by atoms with Gasteiger partial charge in [-0.05, 0) is 51.8 Å². The number of aromatic nitrogens is 2. The zero-order valence-corrected chi connectivity index (χ0v) is 25.6. The summed E-state index contributed by atoms with van der Waals surface area (Å²) in [6.45, 7) is 30.2. The van der Waals surface area contributed by atoms with Crippen LogP contribution in [0.5, 0.6) is 5.75 Å². The Labute approximate surface area is 226 Å². The van der Waals surface area contributed by atoms with E-state index in [1.165, 1.54) is 24.8 Å². The first kappa shape index (κ1) is 35.6. The average Bonchev–Trinajstić information content (AvgIpc) is 3.14. The maximum absolute atomic E-state index is 6.02. The Hall–Kier alpha value is -2.52. The van der Waals surface area contributed by atoms with Crippen LogP contribution in [0.1, 0.15) is 94.2 Å². The number of allylic oxidation sites excluding steroid dienone is 1. The molecule has 0 saturated heterocycles. The van der Waals surface area contributed by atoms with E-state index < -0.39 is 0 Å². The molecule has 0 amide bonds. The number of aromatic amines is 1. The van der Waals surface area contributed by atoms with Crippen molar-refractivity contribution in [3.05, 3.63) is 70.2 Å². The molecule has 3 aromatic rings. The molecule has 4 heteroatoms. The predicted molar refractivity (Wildman–Crippen MR) is 164 cm³/mol. The Morgan fingerprint density at radius 1 is 1.00 bits per heavy atom. The number of hydrogen-bond acceptors (Lipinski definition) is 2. The molecule has 0 fully saturated rings. The van der Waals surface area contributed by atoms with E-state index in [9.17, 15) is 0 Å². The number of nitrogens with one attached hydrogen (secondary N) is 1. The molecule has 36 heavy (non-hydrogen) atoms. The lowest BCUT2D eigenvalue weighted by molar-refractivity contribution is 0.431. The summed E-state index contributed by atoms with van der Waals surface area (Å²) in [7, 11) is 0. The smallest absolute Gasteiger partial charge is 0.129 e. The van der Waals surface area contributed by atoms with Crippen molar-refractivity contribution in [1.29, 1.82) is 0 Å². The average molecular weight is 515 g/mol. The third-order valence-corrected chi connectivity index (χ3v) is 5.76. The van der Waals surface area contributed by atoms with Gasteiger partial charge in [-0.1, -0.05) is 104 Å². The number of fused-ring (bicyclic) bond motifs is 1. The van der Waals surface area contributed by atoms with E-state index in [0.717, 1.165) is 43.9 Å². The first-order valence-electron chi connectivity index (χ1n) is 13.3. The summed E-state index contributed by atoms with van der Waals surface area (Å²) in [5.41, 5.74) is 3.13. The highest BCUT2D eigenvalue weighted by Gasteiger charge is 2.01. The van der Waals surface area contributed by atoms with Gasteiger partial charge in [0.2, 0.25) is 0 Å². The van der Waals surface area contributed by atoms with Gasteiger partial charge in [0.15, 0.2) is 0 Å². The van der Waals surface area contributed by atoms with Crippen LogP contribution < -0.4 is 15.3 Å². The molecule has 1 aromatic carbocycles. The number of aryl methyl sites for hydroxylation is 1. The van der Waals surface area contributed by atoms with Gasteiger partial charge < -0.3 is 9.72 Å². The number of nitrogens with zero attached hydrogens (tertiary/aromatic N) is 1. The van der Waals surface area contributed by atoms with Crippen LogP contribution >= 0.6 is 11.6 Å². The molecule has 0 aliphatic heterocycles. The summed E-state index contributed by atoms with van der Waals surface area (Å²) in [4.78, 5) is 7.33. The molecule has 0 bridgehead atoms. The number of H-pyrrole nitrogens is 1. The largest absolute Gasteiger partial charge is 0.463 e. The summed E-state index contributed by atoms with van der Waals surface area (Å²) in [6, 6.07) is 9.75. The van der Waals surface area contributed by atoms with Crippen molar-refractivity contribution in [2.75, 3.05) is 0 Å². The van der Waals surface area contributed by atoms with Crippen molar-refractivity contribution in [2.24, 2.45) is 5.92 Å². The Morgan fingerprint density at radius 3 is 1.92 bits per heavy atom. The van der Waals surface area contributed by atoms with Gasteiger partial charge in [-0.3, -0.25) is 4.98 Å². The van der Waals surface area contributed by atoms with Crippen LogP contribution in [-0.2, 0) is 0 Å². The van der Waals surface area contributed by atoms with E-state index in [1.54, 1.807) is 6.20 Å². The number of pyridine rings is 1. The summed E-state index contributed by atoms with van der Waals surface area (Å²) in [5, 5.41) is 3.88. The van der Waals surface area contributed by atoms with Crippen LogP contribution in [0.3, 0.4) is 0 Å². The molecule has 3 nitrogen and oxygen atoms in total. The first-order chi connectivity index (χ1) is 17.1. The summed E-state index contributed by atoms with van der Waals surface area (Å²) < 4.78 is 5.39. The Morgan fingerprint density at radius 2 is 1.56 bits per heavy atom. The molecule has 0 radical (unpaired) electrons. The lowest BCUT2D eigenvalue weighted by Crippen LogP contribution is -2.22. The fourth-order valence-corrected chi connectivity index (χ4v) is 3.71.